The highest BCUT2D eigenvalue weighted by molar-refractivity contribution is 7.98. The van der Waals surface area contributed by atoms with Crippen LogP contribution in [0.2, 0.25) is 0 Å². The van der Waals surface area contributed by atoms with Crippen LogP contribution in [0.15, 0.2) is 33.6 Å². The number of nitrogens with zero attached hydrogens (tertiary/aromatic N) is 2. The third-order valence-electron chi connectivity index (χ3n) is 3.46. The van der Waals surface area contributed by atoms with Gasteiger partial charge in [-0.25, -0.2) is 14.2 Å². The number of ether oxygens (including phenoxy) is 1. The first-order chi connectivity index (χ1) is 12.0. The van der Waals surface area contributed by atoms with Gasteiger partial charge in [0.1, 0.15) is 28.8 Å². The van der Waals surface area contributed by atoms with Crippen molar-refractivity contribution in [3.05, 3.63) is 47.2 Å². The van der Waals surface area contributed by atoms with E-state index in [0.29, 0.717) is 22.7 Å². The Hall–Kier alpha value is -2.61. The van der Waals surface area contributed by atoms with E-state index in [4.69, 9.17) is 14.9 Å². The number of halogens is 1. The normalized spacial score (nSPS) is 11.0. The van der Waals surface area contributed by atoms with E-state index in [2.05, 4.69) is 9.97 Å². The second kappa shape index (κ2) is 7.10. The average Bonchev–Trinajstić information content (AvgIpc) is 2.91. The number of rotatable bonds is 5. The minimum absolute atomic E-state index is 0.166. The number of aromatic nitrogens is 2. The van der Waals surface area contributed by atoms with Crippen molar-refractivity contribution >= 4 is 34.6 Å². The van der Waals surface area contributed by atoms with Crippen LogP contribution in [0.1, 0.15) is 28.9 Å². The number of thioether (sulfide) groups is 1. The number of furan rings is 1. The molecule has 0 aliphatic heterocycles. The van der Waals surface area contributed by atoms with E-state index in [0.717, 1.165) is 4.90 Å². The Balaban J connectivity index is 1.89. The first-order valence-electron chi connectivity index (χ1n) is 7.60. The van der Waals surface area contributed by atoms with Crippen LogP contribution in [0.4, 0.5) is 10.2 Å². The molecule has 1 aromatic carbocycles. The second-order valence-electron chi connectivity index (χ2n) is 5.20. The van der Waals surface area contributed by atoms with Gasteiger partial charge in [-0.2, -0.15) is 4.98 Å². The fourth-order valence-electron chi connectivity index (χ4n) is 2.38. The number of nitrogens with two attached hydrogens (primary N) is 1. The van der Waals surface area contributed by atoms with Gasteiger partial charge in [-0.1, -0.05) is 0 Å². The molecule has 130 valence electrons. The summed E-state index contributed by atoms with van der Waals surface area (Å²) in [6, 6.07) is 6.14. The lowest BCUT2D eigenvalue weighted by molar-refractivity contribution is 0.0526. The van der Waals surface area contributed by atoms with E-state index in [1.54, 1.807) is 26.0 Å². The van der Waals surface area contributed by atoms with E-state index < -0.39 is 5.97 Å². The second-order valence-corrected chi connectivity index (χ2v) is 6.25. The standard InChI is InChI=1S/C17H16FN3O3S/c1-3-23-17(22)13-9(2)24-16-14(13)15(19)20-12(21-16)8-25-11-6-4-10(18)5-7-11/h4-7H,3,8H2,1-2H3,(H2,19,20,21). The molecule has 0 amide bonds. The van der Waals surface area contributed by atoms with E-state index in [-0.39, 0.29) is 29.5 Å². The first kappa shape index (κ1) is 17.2. The summed E-state index contributed by atoms with van der Waals surface area (Å²) in [7, 11) is 0. The van der Waals surface area contributed by atoms with E-state index >= 15 is 0 Å². The number of hydrogen-bond acceptors (Lipinski definition) is 7. The van der Waals surface area contributed by atoms with Gasteiger partial charge in [0.05, 0.1) is 17.7 Å². The first-order valence-corrected chi connectivity index (χ1v) is 8.59. The molecule has 0 aliphatic carbocycles. The van der Waals surface area contributed by atoms with Crippen LogP contribution >= 0.6 is 11.8 Å². The molecule has 2 N–H and O–H groups in total. The van der Waals surface area contributed by atoms with Gasteiger partial charge in [-0.3, -0.25) is 0 Å². The van der Waals surface area contributed by atoms with Gasteiger partial charge in [-0.05, 0) is 38.1 Å². The van der Waals surface area contributed by atoms with Crippen LogP contribution in [0.3, 0.4) is 0 Å². The van der Waals surface area contributed by atoms with E-state index in [9.17, 15) is 9.18 Å². The minimum Gasteiger partial charge on any atom is -0.462 e. The summed E-state index contributed by atoms with van der Waals surface area (Å²) in [5.41, 5.74) is 6.53. The highest BCUT2D eigenvalue weighted by Crippen LogP contribution is 2.30. The number of carbonyl (C=O) groups is 1. The smallest absolute Gasteiger partial charge is 0.342 e. The van der Waals surface area contributed by atoms with Crippen LogP contribution in [-0.2, 0) is 10.5 Å². The number of anilines is 1. The molecule has 8 heteroatoms. The maximum Gasteiger partial charge on any atom is 0.342 e. The summed E-state index contributed by atoms with van der Waals surface area (Å²) in [5.74, 6) is 0.646. The zero-order valence-corrected chi connectivity index (χ0v) is 14.5. The molecule has 0 bridgehead atoms. The van der Waals surface area contributed by atoms with Gasteiger partial charge in [0, 0.05) is 4.90 Å². The summed E-state index contributed by atoms with van der Waals surface area (Å²) < 4.78 is 23.5. The van der Waals surface area contributed by atoms with Crippen LogP contribution in [-0.4, -0.2) is 22.5 Å². The summed E-state index contributed by atoms with van der Waals surface area (Å²) in [6.07, 6.45) is 0. The molecular formula is C17H16FN3O3S. The number of nitrogen functional groups attached to an aromatic ring is 1. The molecule has 0 aliphatic rings. The molecule has 0 fully saturated rings. The van der Waals surface area contributed by atoms with Gasteiger partial charge in [0.15, 0.2) is 0 Å². The van der Waals surface area contributed by atoms with Gasteiger partial charge < -0.3 is 14.9 Å². The predicted molar refractivity (Wildman–Crippen MR) is 92.9 cm³/mol. The average molecular weight is 361 g/mol. The van der Waals surface area contributed by atoms with Crippen LogP contribution < -0.4 is 5.73 Å². The Morgan fingerprint density at radius 2 is 2.04 bits per heavy atom. The fraction of sp³-hybridized carbons (Fsp3) is 0.235. The maximum atomic E-state index is 12.9. The van der Waals surface area contributed by atoms with Crippen molar-refractivity contribution in [2.45, 2.75) is 24.5 Å². The Kier molecular flexibility index (Phi) is 4.89. The maximum absolute atomic E-state index is 12.9. The monoisotopic (exact) mass is 361 g/mol. The number of aryl methyl sites for hydroxylation is 1. The largest absolute Gasteiger partial charge is 0.462 e. The van der Waals surface area contributed by atoms with E-state index in [1.807, 2.05) is 0 Å². The number of esters is 1. The Morgan fingerprint density at radius 1 is 1.32 bits per heavy atom. The highest BCUT2D eigenvalue weighted by Gasteiger charge is 2.23. The number of benzene rings is 1. The SMILES string of the molecule is CCOC(=O)c1c(C)oc2nc(CSc3ccc(F)cc3)nc(N)c12. The molecule has 6 nitrogen and oxygen atoms in total. The summed E-state index contributed by atoms with van der Waals surface area (Å²) in [5, 5.41) is 0.367. The number of fused-ring (bicyclic) bond motifs is 1. The van der Waals surface area contributed by atoms with Crippen molar-refractivity contribution in [1.29, 1.82) is 0 Å². The summed E-state index contributed by atoms with van der Waals surface area (Å²) in [4.78, 5) is 21.6. The molecule has 0 radical (unpaired) electrons. The predicted octanol–water partition coefficient (Wildman–Crippen LogP) is 3.72. The molecular weight excluding hydrogens is 345 g/mol. The summed E-state index contributed by atoms with van der Waals surface area (Å²) >= 11 is 1.44. The molecule has 0 saturated heterocycles. The molecule has 2 heterocycles. The molecule has 3 aromatic rings. The topological polar surface area (TPSA) is 91.2 Å². The zero-order valence-electron chi connectivity index (χ0n) is 13.7. The van der Waals surface area contributed by atoms with Crippen LogP contribution in [0.5, 0.6) is 0 Å². The molecule has 0 unspecified atom stereocenters. The Labute approximate surface area is 147 Å². The third-order valence-corrected chi connectivity index (χ3v) is 4.47. The number of carbonyl (C=O) groups excluding carboxylic acids is 1. The molecule has 0 saturated carbocycles. The molecule has 0 spiro atoms. The van der Waals surface area contributed by atoms with Gasteiger partial charge in [0.2, 0.25) is 5.71 Å². The van der Waals surface area contributed by atoms with E-state index in [1.165, 1.54) is 23.9 Å². The van der Waals surface area contributed by atoms with Crippen molar-refractivity contribution in [2.24, 2.45) is 0 Å². The lowest BCUT2D eigenvalue weighted by atomic mass is 10.2. The van der Waals surface area contributed by atoms with Crippen molar-refractivity contribution in [3.63, 3.8) is 0 Å². The van der Waals surface area contributed by atoms with Gasteiger partial charge >= 0.3 is 5.97 Å². The van der Waals surface area contributed by atoms with Crippen molar-refractivity contribution in [1.82, 2.24) is 9.97 Å². The van der Waals surface area contributed by atoms with Crippen LogP contribution in [0, 0.1) is 12.7 Å². The zero-order chi connectivity index (χ0) is 18.0. The van der Waals surface area contributed by atoms with Crippen molar-refractivity contribution < 1.29 is 18.3 Å². The van der Waals surface area contributed by atoms with Crippen LogP contribution in [0.25, 0.3) is 11.1 Å². The number of hydrogen-bond donors (Lipinski definition) is 1. The molecule has 0 atom stereocenters. The fourth-order valence-corrected chi connectivity index (χ4v) is 3.13. The third kappa shape index (κ3) is 3.58. The Morgan fingerprint density at radius 3 is 2.72 bits per heavy atom. The van der Waals surface area contributed by atoms with Crippen molar-refractivity contribution in [2.75, 3.05) is 12.3 Å². The highest BCUT2D eigenvalue weighted by atomic mass is 32.2. The quantitative estimate of drug-likeness (QED) is 0.547. The van der Waals surface area contributed by atoms with Gasteiger partial charge in [-0.15, -0.1) is 11.8 Å². The Bertz CT molecular complexity index is 925. The lowest BCUT2D eigenvalue weighted by Crippen LogP contribution is -2.07. The van der Waals surface area contributed by atoms with Gasteiger partial charge in [0.25, 0.3) is 0 Å². The van der Waals surface area contributed by atoms with Crippen molar-refractivity contribution in [3.8, 4) is 0 Å². The minimum atomic E-state index is -0.512. The summed E-state index contributed by atoms with van der Waals surface area (Å²) in [6.45, 7) is 3.62. The molecule has 3 rings (SSSR count). The molecule has 25 heavy (non-hydrogen) atoms. The molecule has 2 aromatic heterocycles. The lowest BCUT2D eigenvalue weighted by Gasteiger charge is -2.04.